The van der Waals surface area contributed by atoms with Crippen LogP contribution in [0.25, 0.3) is 0 Å². The van der Waals surface area contributed by atoms with E-state index in [0.29, 0.717) is 6.29 Å². The van der Waals surface area contributed by atoms with Crippen LogP contribution in [0.1, 0.15) is 16.3 Å². The predicted molar refractivity (Wildman–Crippen MR) is 36.3 cm³/mol. The van der Waals surface area contributed by atoms with Crippen molar-refractivity contribution in [3.63, 3.8) is 0 Å². The molecule has 1 heterocycles. The number of aliphatic hydroxyl groups excluding tert-OH is 1. The number of carbonyl (C=O) groups is 1. The lowest BCUT2D eigenvalue weighted by Gasteiger charge is -1.93. The maximum Gasteiger partial charge on any atom is 0.185 e. The van der Waals surface area contributed by atoms with Crippen molar-refractivity contribution in [3.05, 3.63) is 33.9 Å². The minimum Gasteiger partial charge on any atom is -0.456 e. The molecule has 4 heteroatoms. The number of carbonyl (C=O) groups excluding carboxylic acids is 1. The monoisotopic (exact) mass is 154 g/mol. The fraction of sp³-hybridized carbons (Fsp3) is 0.143. The number of rotatable bonds is 2. The van der Waals surface area contributed by atoms with Crippen molar-refractivity contribution < 1.29 is 14.3 Å². The third kappa shape index (κ3) is 1.75. The molecule has 0 amide bonds. The van der Waals surface area contributed by atoms with Crippen molar-refractivity contribution in [1.29, 1.82) is 0 Å². The third-order valence-corrected chi connectivity index (χ3v) is 1.11. The molecular formula is C7H6O4. The molecule has 1 aromatic rings. The Bertz CT molecular complexity index is 312. The van der Waals surface area contributed by atoms with E-state index in [9.17, 15) is 9.59 Å². The minimum atomic E-state index is -0.378. The summed E-state index contributed by atoms with van der Waals surface area (Å²) < 4.78 is 4.74. The van der Waals surface area contributed by atoms with Gasteiger partial charge in [-0.15, -0.1) is 0 Å². The second-order valence-corrected chi connectivity index (χ2v) is 1.94. The molecule has 1 aromatic heterocycles. The number of aliphatic hydroxyl groups is 1. The van der Waals surface area contributed by atoms with Crippen LogP contribution in [-0.2, 0) is 6.61 Å². The molecule has 0 aliphatic rings. The van der Waals surface area contributed by atoms with Gasteiger partial charge in [-0.05, 0) is 0 Å². The average Bonchev–Trinajstić information content (AvgIpc) is 2.03. The number of aldehydes is 1. The molecule has 58 valence electrons. The van der Waals surface area contributed by atoms with Crippen molar-refractivity contribution in [2.45, 2.75) is 6.61 Å². The first kappa shape index (κ1) is 7.68. The molecule has 0 fully saturated rings. The van der Waals surface area contributed by atoms with Crippen molar-refractivity contribution in [3.8, 4) is 0 Å². The molecule has 4 nitrogen and oxygen atoms in total. The van der Waals surface area contributed by atoms with Gasteiger partial charge in [0.05, 0.1) is 0 Å². The van der Waals surface area contributed by atoms with Crippen LogP contribution in [0.15, 0.2) is 21.3 Å². The van der Waals surface area contributed by atoms with Crippen LogP contribution in [0.2, 0.25) is 0 Å². The van der Waals surface area contributed by atoms with Crippen molar-refractivity contribution in [2.75, 3.05) is 0 Å². The van der Waals surface area contributed by atoms with Gasteiger partial charge in [0.1, 0.15) is 12.4 Å². The fourth-order valence-electron chi connectivity index (χ4n) is 0.687. The minimum absolute atomic E-state index is 0.0680. The third-order valence-electron chi connectivity index (χ3n) is 1.11. The summed E-state index contributed by atoms with van der Waals surface area (Å²) in [5.74, 6) is 0.0288. The molecule has 1 N–H and O–H groups in total. The van der Waals surface area contributed by atoms with Crippen molar-refractivity contribution in [1.82, 2.24) is 0 Å². The predicted octanol–water partition coefficient (Wildman–Crippen LogP) is -0.0554. The van der Waals surface area contributed by atoms with Crippen LogP contribution in [0.3, 0.4) is 0 Å². The van der Waals surface area contributed by atoms with Gasteiger partial charge < -0.3 is 9.52 Å². The van der Waals surface area contributed by atoms with Gasteiger partial charge in [-0.3, -0.25) is 9.59 Å². The van der Waals surface area contributed by atoms with Gasteiger partial charge in [-0.25, -0.2) is 0 Å². The highest BCUT2D eigenvalue weighted by Gasteiger charge is 1.98. The van der Waals surface area contributed by atoms with Gasteiger partial charge in [-0.2, -0.15) is 0 Å². The largest absolute Gasteiger partial charge is 0.456 e. The van der Waals surface area contributed by atoms with Crippen LogP contribution >= 0.6 is 0 Å². The Kier molecular flexibility index (Phi) is 2.18. The summed E-state index contributed by atoms with van der Waals surface area (Å²) in [7, 11) is 0. The molecule has 0 saturated carbocycles. The Balaban J connectivity index is 3.22. The van der Waals surface area contributed by atoms with E-state index in [1.54, 1.807) is 0 Å². The maximum atomic E-state index is 10.7. The maximum absolute atomic E-state index is 10.7. The zero-order valence-corrected chi connectivity index (χ0v) is 5.61. The highest BCUT2D eigenvalue weighted by atomic mass is 16.4. The van der Waals surface area contributed by atoms with Crippen LogP contribution < -0.4 is 5.43 Å². The van der Waals surface area contributed by atoms with E-state index in [2.05, 4.69) is 0 Å². The zero-order chi connectivity index (χ0) is 8.27. The molecule has 0 aromatic carbocycles. The van der Waals surface area contributed by atoms with Crippen LogP contribution in [0.5, 0.6) is 0 Å². The van der Waals surface area contributed by atoms with E-state index in [4.69, 9.17) is 9.52 Å². The van der Waals surface area contributed by atoms with E-state index >= 15 is 0 Å². The lowest BCUT2D eigenvalue weighted by atomic mass is 10.3. The molecule has 0 saturated heterocycles. The molecule has 0 radical (unpaired) electrons. The lowest BCUT2D eigenvalue weighted by Crippen LogP contribution is -2.01. The first-order valence-corrected chi connectivity index (χ1v) is 2.96. The molecule has 0 unspecified atom stereocenters. The molecule has 0 atom stereocenters. The first-order chi connectivity index (χ1) is 5.26. The molecule has 0 aliphatic heterocycles. The Morgan fingerprint density at radius 1 is 1.55 bits per heavy atom. The molecule has 0 spiro atoms. The molecule has 11 heavy (non-hydrogen) atoms. The second-order valence-electron chi connectivity index (χ2n) is 1.94. The van der Waals surface area contributed by atoms with E-state index in [-0.39, 0.29) is 23.6 Å². The Morgan fingerprint density at radius 2 is 2.27 bits per heavy atom. The highest BCUT2D eigenvalue weighted by Crippen LogP contribution is 1.97. The van der Waals surface area contributed by atoms with E-state index in [1.165, 1.54) is 0 Å². The van der Waals surface area contributed by atoms with Gasteiger partial charge >= 0.3 is 0 Å². The smallest absolute Gasteiger partial charge is 0.185 e. The first-order valence-electron chi connectivity index (χ1n) is 2.96. The Morgan fingerprint density at radius 3 is 2.82 bits per heavy atom. The van der Waals surface area contributed by atoms with Crippen molar-refractivity contribution >= 4 is 6.29 Å². The topological polar surface area (TPSA) is 67.5 Å². The zero-order valence-electron chi connectivity index (χ0n) is 5.61. The quantitative estimate of drug-likeness (QED) is 0.606. The Labute approximate surface area is 62.1 Å². The van der Waals surface area contributed by atoms with Gasteiger partial charge in [0.2, 0.25) is 0 Å². The molecular weight excluding hydrogens is 148 g/mol. The van der Waals surface area contributed by atoms with E-state index in [0.717, 1.165) is 12.1 Å². The van der Waals surface area contributed by atoms with Gasteiger partial charge in [0.15, 0.2) is 17.5 Å². The van der Waals surface area contributed by atoms with Gasteiger partial charge in [-0.1, -0.05) is 0 Å². The number of hydrogen-bond acceptors (Lipinski definition) is 4. The summed E-state index contributed by atoms with van der Waals surface area (Å²) in [4.78, 5) is 20.8. The summed E-state index contributed by atoms with van der Waals surface area (Å²) in [5.41, 5.74) is -0.345. The number of hydrogen-bond donors (Lipinski definition) is 1. The van der Waals surface area contributed by atoms with Crippen molar-refractivity contribution in [2.24, 2.45) is 0 Å². The Hall–Kier alpha value is -1.42. The van der Waals surface area contributed by atoms with Crippen LogP contribution in [0.4, 0.5) is 0 Å². The lowest BCUT2D eigenvalue weighted by molar-refractivity contribution is 0.109. The highest BCUT2D eigenvalue weighted by molar-refractivity contribution is 5.69. The molecule has 1 rings (SSSR count). The summed E-state index contributed by atoms with van der Waals surface area (Å²) in [6.07, 6.45) is 0.417. The summed E-state index contributed by atoms with van der Waals surface area (Å²) in [5, 5.41) is 8.53. The molecule has 0 aliphatic carbocycles. The van der Waals surface area contributed by atoms with Crippen LogP contribution in [0, 0.1) is 0 Å². The standard InChI is InChI=1S/C7H6O4/c8-3-6-1-5(10)2-7(4-9)11-6/h1-3,9H,4H2. The summed E-state index contributed by atoms with van der Waals surface area (Å²) in [6, 6.07) is 2.19. The average molecular weight is 154 g/mol. The van der Waals surface area contributed by atoms with E-state index < -0.39 is 0 Å². The van der Waals surface area contributed by atoms with Gasteiger partial charge in [0.25, 0.3) is 0 Å². The summed E-state index contributed by atoms with van der Waals surface area (Å²) >= 11 is 0. The molecule has 0 bridgehead atoms. The summed E-state index contributed by atoms with van der Waals surface area (Å²) in [6.45, 7) is -0.378. The van der Waals surface area contributed by atoms with E-state index in [1.807, 2.05) is 0 Å². The second kappa shape index (κ2) is 3.12. The fourth-order valence-corrected chi connectivity index (χ4v) is 0.687. The van der Waals surface area contributed by atoms with Gasteiger partial charge in [0, 0.05) is 12.1 Å². The van der Waals surface area contributed by atoms with Crippen LogP contribution in [-0.4, -0.2) is 11.4 Å². The normalized spacial score (nSPS) is 9.55. The SMILES string of the molecule is O=Cc1cc(=O)cc(CO)o1.